The molecule has 3 aromatic rings. The Labute approximate surface area is 132 Å². The van der Waals surface area contributed by atoms with Gasteiger partial charge in [0.1, 0.15) is 5.82 Å². The molecule has 21 heavy (non-hydrogen) atoms. The Kier molecular flexibility index (Phi) is 3.24. The summed E-state index contributed by atoms with van der Waals surface area (Å²) in [5, 5.41) is 0.902. The molecular formula is C18H14ClFS. The minimum Gasteiger partial charge on any atom is -0.207 e. The Morgan fingerprint density at radius 2 is 1.86 bits per heavy atom. The summed E-state index contributed by atoms with van der Waals surface area (Å²) in [7, 11) is 0. The van der Waals surface area contributed by atoms with Gasteiger partial charge < -0.3 is 0 Å². The Hall–Kier alpha value is -1.38. The topological polar surface area (TPSA) is 0 Å². The van der Waals surface area contributed by atoms with E-state index in [0.29, 0.717) is 0 Å². The van der Waals surface area contributed by atoms with Gasteiger partial charge in [0, 0.05) is 9.58 Å². The van der Waals surface area contributed by atoms with Crippen molar-refractivity contribution >= 4 is 33.0 Å². The molecular weight excluding hydrogens is 303 g/mol. The molecule has 1 unspecified atom stereocenters. The summed E-state index contributed by atoms with van der Waals surface area (Å²) in [5.41, 5.74) is 4.04. The van der Waals surface area contributed by atoms with Crippen LogP contribution in [0.15, 0.2) is 42.5 Å². The lowest BCUT2D eigenvalue weighted by molar-refractivity contribution is 0.630. The summed E-state index contributed by atoms with van der Waals surface area (Å²) in [4.78, 5) is 1.08. The zero-order chi connectivity index (χ0) is 14.4. The number of halogens is 2. The van der Waals surface area contributed by atoms with Crippen LogP contribution in [0, 0.1) is 5.82 Å². The van der Waals surface area contributed by atoms with Crippen molar-refractivity contribution in [3.05, 3.63) is 69.8 Å². The molecule has 0 saturated carbocycles. The van der Waals surface area contributed by atoms with Crippen molar-refractivity contribution in [3.8, 4) is 0 Å². The minimum atomic E-state index is -0.195. The van der Waals surface area contributed by atoms with Crippen molar-refractivity contribution in [2.45, 2.75) is 24.6 Å². The Morgan fingerprint density at radius 1 is 1.00 bits per heavy atom. The number of thiophene rings is 1. The van der Waals surface area contributed by atoms with Gasteiger partial charge in [0.25, 0.3) is 0 Å². The monoisotopic (exact) mass is 316 g/mol. The Balaban J connectivity index is 1.73. The van der Waals surface area contributed by atoms with E-state index in [-0.39, 0.29) is 11.2 Å². The van der Waals surface area contributed by atoms with Crippen LogP contribution >= 0.6 is 22.9 Å². The third-order valence-electron chi connectivity index (χ3n) is 4.17. The highest BCUT2D eigenvalue weighted by Crippen LogP contribution is 2.38. The number of fused-ring (bicyclic) bond motifs is 2. The van der Waals surface area contributed by atoms with Crippen molar-refractivity contribution in [1.29, 1.82) is 0 Å². The van der Waals surface area contributed by atoms with Gasteiger partial charge in [-0.2, -0.15) is 0 Å². The van der Waals surface area contributed by atoms with Gasteiger partial charge in [0.2, 0.25) is 0 Å². The standard InChI is InChI=1S/C18H14ClFS/c19-18(14-5-4-11-2-1-3-12(11)8-14)17-9-13-6-7-15(20)10-16(13)21-17/h4-10,18H,1-3H2. The first-order valence-corrected chi connectivity index (χ1v) is 8.41. The van der Waals surface area contributed by atoms with E-state index >= 15 is 0 Å². The highest BCUT2D eigenvalue weighted by molar-refractivity contribution is 7.19. The summed E-state index contributed by atoms with van der Waals surface area (Å²) < 4.78 is 14.2. The van der Waals surface area contributed by atoms with Crippen LogP contribution in [0.3, 0.4) is 0 Å². The molecule has 1 aliphatic carbocycles. The molecule has 0 radical (unpaired) electrons. The van der Waals surface area contributed by atoms with Crippen LogP contribution in [-0.2, 0) is 12.8 Å². The zero-order valence-electron chi connectivity index (χ0n) is 11.4. The molecule has 106 valence electrons. The van der Waals surface area contributed by atoms with Crippen LogP contribution < -0.4 is 0 Å². The van der Waals surface area contributed by atoms with E-state index in [1.165, 1.54) is 30.0 Å². The van der Waals surface area contributed by atoms with Crippen LogP contribution in [-0.4, -0.2) is 0 Å². The molecule has 4 rings (SSSR count). The molecule has 0 amide bonds. The smallest absolute Gasteiger partial charge is 0.124 e. The molecule has 1 heterocycles. The molecule has 0 saturated heterocycles. The lowest BCUT2D eigenvalue weighted by atomic mass is 10.0. The zero-order valence-corrected chi connectivity index (χ0v) is 13.0. The van der Waals surface area contributed by atoms with E-state index in [1.807, 2.05) is 6.07 Å². The first-order chi connectivity index (χ1) is 10.2. The van der Waals surface area contributed by atoms with Crippen molar-refractivity contribution in [2.75, 3.05) is 0 Å². The van der Waals surface area contributed by atoms with Gasteiger partial charge in [-0.3, -0.25) is 0 Å². The quantitative estimate of drug-likeness (QED) is 0.520. The molecule has 0 nitrogen and oxygen atoms in total. The number of rotatable bonds is 2. The van der Waals surface area contributed by atoms with Crippen molar-refractivity contribution in [2.24, 2.45) is 0 Å². The molecule has 1 aliphatic rings. The van der Waals surface area contributed by atoms with Gasteiger partial charge >= 0.3 is 0 Å². The minimum absolute atomic E-state index is 0.156. The van der Waals surface area contributed by atoms with Crippen LogP contribution in [0.4, 0.5) is 4.39 Å². The molecule has 0 spiro atoms. The second-order valence-corrected chi connectivity index (χ2v) is 7.13. The molecule has 3 heteroatoms. The number of hydrogen-bond acceptors (Lipinski definition) is 1. The molecule has 1 aromatic heterocycles. The first-order valence-electron chi connectivity index (χ1n) is 7.15. The predicted molar refractivity (Wildman–Crippen MR) is 87.9 cm³/mol. The fraction of sp³-hybridized carbons (Fsp3) is 0.222. The summed E-state index contributed by atoms with van der Waals surface area (Å²) in [5.74, 6) is -0.195. The van der Waals surface area contributed by atoms with E-state index in [0.717, 1.165) is 26.9 Å². The van der Waals surface area contributed by atoms with Crippen molar-refractivity contribution < 1.29 is 4.39 Å². The summed E-state index contributed by atoms with van der Waals surface area (Å²) in [6.07, 6.45) is 3.59. The largest absolute Gasteiger partial charge is 0.207 e. The molecule has 1 atom stereocenters. The van der Waals surface area contributed by atoms with Crippen LogP contribution in [0.25, 0.3) is 10.1 Å². The number of alkyl halides is 1. The van der Waals surface area contributed by atoms with E-state index in [9.17, 15) is 4.39 Å². The van der Waals surface area contributed by atoms with Gasteiger partial charge in [-0.05, 0) is 59.5 Å². The highest BCUT2D eigenvalue weighted by atomic mass is 35.5. The SMILES string of the molecule is Fc1ccc2cc(C(Cl)c3ccc4c(c3)CCC4)sc2c1. The summed E-state index contributed by atoms with van der Waals surface area (Å²) in [6.45, 7) is 0. The molecule has 0 aliphatic heterocycles. The van der Waals surface area contributed by atoms with E-state index < -0.39 is 0 Å². The highest BCUT2D eigenvalue weighted by Gasteiger charge is 2.17. The van der Waals surface area contributed by atoms with Gasteiger partial charge in [0.15, 0.2) is 0 Å². The fourth-order valence-corrected chi connectivity index (χ4v) is 4.49. The van der Waals surface area contributed by atoms with Crippen LogP contribution in [0.2, 0.25) is 0 Å². The number of hydrogen-bond donors (Lipinski definition) is 0. The third-order valence-corrected chi connectivity index (χ3v) is 5.95. The van der Waals surface area contributed by atoms with Gasteiger partial charge in [-0.25, -0.2) is 4.39 Å². The molecule has 0 fully saturated rings. The van der Waals surface area contributed by atoms with Gasteiger partial charge in [-0.1, -0.05) is 24.3 Å². The van der Waals surface area contributed by atoms with E-state index in [1.54, 1.807) is 17.4 Å². The van der Waals surface area contributed by atoms with Gasteiger partial charge in [-0.15, -0.1) is 22.9 Å². The Bertz CT molecular complexity index is 821. The summed E-state index contributed by atoms with van der Waals surface area (Å²) in [6, 6.07) is 13.5. The lowest BCUT2D eigenvalue weighted by Crippen LogP contribution is -1.92. The number of benzene rings is 2. The fourth-order valence-electron chi connectivity index (χ4n) is 3.06. The Morgan fingerprint density at radius 3 is 2.76 bits per heavy atom. The normalized spacial score (nSPS) is 15.3. The van der Waals surface area contributed by atoms with E-state index in [4.69, 9.17) is 11.6 Å². The van der Waals surface area contributed by atoms with Crippen molar-refractivity contribution in [3.63, 3.8) is 0 Å². The second-order valence-electron chi connectivity index (χ2n) is 5.58. The molecule has 2 aromatic carbocycles. The third kappa shape index (κ3) is 2.37. The van der Waals surface area contributed by atoms with Crippen LogP contribution in [0.5, 0.6) is 0 Å². The second kappa shape index (κ2) is 5.11. The number of aryl methyl sites for hydroxylation is 2. The predicted octanol–water partition coefficient (Wildman–Crippen LogP) is 5.86. The lowest BCUT2D eigenvalue weighted by Gasteiger charge is -2.09. The molecule has 0 N–H and O–H groups in total. The average molecular weight is 317 g/mol. The maximum atomic E-state index is 13.3. The van der Waals surface area contributed by atoms with E-state index in [2.05, 4.69) is 24.3 Å². The van der Waals surface area contributed by atoms with Crippen LogP contribution in [0.1, 0.15) is 33.4 Å². The van der Waals surface area contributed by atoms with Crippen molar-refractivity contribution in [1.82, 2.24) is 0 Å². The maximum Gasteiger partial charge on any atom is 0.124 e. The summed E-state index contributed by atoms with van der Waals surface area (Å²) >= 11 is 8.24. The van der Waals surface area contributed by atoms with Gasteiger partial charge in [0.05, 0.1) is 5.38 Å². The molecule has 0 bridgehead atoms. The average Bonchev–Trinajstić information content (AvgIpc) is 3.11. The maximum absolute atomic E-state index is 13.3. The first kappa shape index (κ1) is 13.3.